The third-order valence-corrected chi connectivity index (χ3v) is 3.24. The Kier molecular flexibility index (Phi) is 5.63. The lowest BCUT2D eigenvalue weighted by Gasteiger charge is -2.10. The summed E-state index contributed by atoms with van der Waals surface area (Å²) in [5, 5.41) is 4.20. The van der Waals surface area contributed by atoms with Gasteiger partial charge in [-0.05, 0) is 36.4 Å². The van der Waals surface area contributed by atoms with Gasteiger partial charge in [0.25, 0.3) is 11.8 Å². The van der Waals surface area contributed by atoms with Crippen LogP contribution in [-0.4, -0.2) is 24.5 Å². The molecule has 0 fully saturated rings. The van der Waals surface area contributed by atoms with E-state index in [1.54, 1.807) is 5.32 Å². The highest BCUT2D eigenvalue weighted by molar-refractivity contribution is 6.30. The molecular formula is C16H11ClF4N2O2. The molecule has 0 heterocycles. The Balaban J connectivity index is 2.10. The first kappa shape index (κ1) is 18.7. The van der Waals surface area contributed by atoms with Crippen LogP contribution in [0.15, 0.2) is 42.5 Å². The Morgan fingerprint density at radius 2 is 1.76 bits per heavy atom. The van der Waals surface area contributed by atoms with Crippen molar-refractivity contribution in [3.63, 3.8) is 0 Å². The van der Waals surface area contributed by atoms with E-state index >= 15 is 0 Å². The number of rotatable bonds is 4. The molecule has 25 heavy (non-hydrogen) atoms. The quantitative estimate of drug-likeness (QED) is 0.794. The molecule has 4 nitrogen and oxygen atoms in total. The molecule has 0 radical (unpaired) electrons. The van der Waals surface area contributed by atoms with Gasteiger partial charge in [0, 0.05) is 16.3 Å². The van der Waals surface area contributed by atoms with Crippen molar-refractivity contribution in [2.75, 3.05) is 11.9 Å². The summed E-state index contributed by atoms with van der Waals surface area (Å²) >= 11 is 5.60. The van der Waals surface area contributed by atoms with E-state index < -0.39 is 30.4 Å². The minimum atomic E-state index is -4.53. The molecule has 2 rings (SSSR count). The van der Waals surface area contributed by atoms with Crippen molar-refractivity contribution in [3.05, 3.63) is 64.4 Å². The second-order valence-electron chi connectivity index (χ2n) is 4.96. The van der Waals surface area contributed by atoms with Crippen LogP contribution < -0.4 is 10.6 Å². The molecule has 2 amide bonds. The maximum atomic E-state index is 13.7. The van der Waals surface area contributed by atoms with Gasteiger partial charge < -0.3 is 10.6 Å². The lowest BCUT2D eigenvalue weighted by atomic mass is 10.1. The third-order valence-electron chi connectivity index (χ3n) is 3.01. The van der Waals surface area contributed by atoms with E-state index in [2.05, 4.69) is 5.32 Å². The predicted molar refractivity (Wildman–Crippen MR) is 84.2 cm³/mol. The van der Waals surface area contributed by atoms with E-state index in [1.807, 2.05) is 0 Å². The fourth-order valence-corrected chi connectivity index (χ4v) is 2.05. The minimum Gasteiger partial charge on any atom is -0.343 e. The second kappa shape index (κ2) is 7.52. The molecular weight excluding hydrogens is 364 g/mol. The van der Waals surface area contributed by atoms with Gasteiger partial charge >= 0.3 is 6.18 Å². The summed E-state index contributed by atoms with van der Waals surface area (Å²) in [4.78, 5) is 23.7. The Morgan fingerprint density at radius 1 is 1.04 bits per heavy atom. The largest absolute Gasteiger partial charge is 0.405 e. The average Bonchev–Trinajstić information content (AvgIpc) is 2.52. The summed E-state index contributed by atoms with van der Waals surface area (Å²) in [6, 6.07) is 8.73. The number of alkyl halides is 3. The maximum Gasteiger partial charge on any atom is 0.405 e. The van der Waals surface area contributed by atoms with Crippen molar-refractivity contribution in [2.24, 2.45) is 0 Å². The molecule has 132 valence electrons. The molecule has 0 saturated carbocycles. The molecule has 0 bridgehead atoms. The molecule has 9 heteroatoms. The molecule has 0 saturated heterocycles. The minimum absolute atomic E-state index is 0.0846. The molecule has 2 aromatic rings. The third kappa shape index (κ3) is 5.46. The molecule has 0 spiro atoms. The van der Waals surface area contributed by atoms with Crippen LogP contribution >= 0.6 is 11.6 Å². The molecule has 0 aliphatic rings. The number of carbonyl (C=O) groups excluding carboxylic acids is 2. The fourth-order valence-electron chi connectivity index (χ4n) is 1.89. The predicted octanol–water partition coefficient (Wildman–Crippen LogP) is 4.02. The number of amides is 2. The summed E-state index contributed by atoms with van der Waals surface area (Å²) < 4.78 is 50.1. The van der Waals surface area contributed by atoms with Gasteiger partial charge in [-0.3, -0.25) is 9.59 Å². The Labute approximate surface area is 144 Å². The lowest BCUT2D eigenvalue weighted by molar-refractivity contribution is -0.123. The van der Waals surface area contributed by atoms with Crippen LogP contribution in [0.3, 0.4) is 0 Å². The summed E-state index contributed by atoms with van der Waals surface area (Å²) in [5.41, 5.74) is -0.228. The normalized spacial score (nSPS) is 11.1. The highest BCUT2D eigenvalue weighted by atomic mass is 35.5. The van der Waals surface area contributed by atoms with E-state index in [0.717, 1.165) is 6.07 Å². The van der Waals surface area contributed by atoms with Crippen molar-refractivity contribution in [3.8, 4) is 0 Å². The van der Waals surface area contributed by atoms with Gasteiger partial charge in [0.15, 0.2) is 0 Å². The SMILES string of the molecule is O=C(NCC(F)(F)F)c1cccc(NC(=O)c2ccc(Cl)cc2F)c1. The number of anilines is 1. The summed E-state index contributed by atoms with van der Waals surface area (Å²) in [7, 11) is 0. The van der Waals surface area contributed by atoms with Crippen molar-refractivity contribution in [1.29, 1.82) is 0 Å². The zero-order valence-electron chi connectivity index (χ0n) is 12.5. The van der Waals surface area contributed by atoms with Crippen LogP contribution in [-0.2, 0) is 0 Å². The zero-order valence-corrected chi connectivity index (χ0v) is 13.2. The first-order valence-electron chi connectivity index (χ1n) is 6.87. The highest BCUT2D eigenvalue weighted by Crippen LogP contribution is 2.18. The molecule has 0 aliphatic carbocycles. The summed E-state index contributed by atoms with van der Waals surface area (Å²) in [6.45, 7) is -1.47. The number of nitrogens with one attached hydrogen (secondary N) is 2. The second-order valence-corrected chi connectivity index (χ2v) is 5.39. The van der Waals surface area contributed by atoms with Crippen molar-refractivity contribution in [2.45, 2.75) is 6.18 Å². The first-order chi connectivity index (χ1) is 11.7. The van der Waals surface area contributed by atoms with Gasteiger partial charge in [-0.25, -0.2) is 4.39 Å². The fraction of sp³-hybridized carbons (Fsp3) is 0.125. The number of halogens is 5. The van der Waals surface area contributed by atoms with E-state index in [4.69, 9.17) is 11.6 Å². The standard InChI is InChI=1S/C16H11ClF4N2O2/c17-10-4-5-12(13(18)7-10)15(25)23-11-3-1-2-9(6-11)14(24)22-8-16(19,20)21/h1-7H,8H2,(H,22,24)(H,23,25). The summed E-state index contributed by atoms with van der Waals surface area (Å²) in [5.74, 6) is -2.57. The lowest BCUT2D eigenvalue weighted by Crippen LogP contribution is -2.33. The topological polar surface area (TPSA) is 58.2 Å². The number of carbonyl (C=O) groups is 2. The van der Waals surface area contributed by atoms with Gasteiger partial charge in [-0.2, -0.15) is 13.2 Å². The highest BCUT2D eigenvalue weighted by Gasteiger charge is 2.27. The molecule has 0 unspecified atom stereocenters. The summed E-state index contributed by atoms with van der Waals surface area (Å²) in [6.07, 6.45) is -4.53. The van der Waals surface area contributed by atoms with Gasteiger partial charge in [0.1, 0.15) is 12.4 Å². The molecule has 2 N–H and O–H groups in total. The molecule has 0 aliphatic heterocycles. The van der Waals surface area contributed by atoms with Crippen LogP contribution in [0.5, 0.6) is 0 Å². The molecule has 0 aromatic heterocycles. The van der Waals surface area contributed by atoms with Gasteiger partial charge in [-0.15, -0.1) is 0 Å². The van der Waals surface area contributed by atoms with Gasteiger partial charge in [0.2, 0.25) is 0 Å². The van der Waals surface area contributed by atoms with Crippen LogP contribution in [0.25, 0.3) is 0 Å². The Bertz CT molecular complexity index is 809. The van der Waals surface area contributed by atoms with E-state index in [1.165, 1.54) is 36.4 Å². The zero-order chi connectivity index (χ0) is 18.6. The van der Waals surface area contributed by atoms with E-state index in [-0.39, 0.29) is 21.8 Å². The van der Waals surface area contributed by atoms with E-state index in [0.29, 0.717) is 0 Å². The number of hydrogen-bond acceptors (Lipinski definition) is 2. The van der Waals surface area contributed by atoms with Crippen molar-refractivity contribution < 1.29 is 27.2 Å². The Hall–Kier alpha value is -2.61. The van der Waals surface area contributed by atoms with Crippen molar-refractivity contribution >= 4 is 29.1 Å². The molecule has 2 aromatic carbocycles. The van der Waals surface area contributed by atoms with Crippen LogP contribution in [0.2, 0.25) is 5.02 Å². The smallest absolute Gasteiger partial charge is 0.343 e. The maximum absolute atomic E-state index is 13.7. The van der Waals surface area contributed by atoms with Crippen LogP contribution in [0.1, 0.15) is 20.7 Å². The van der Waals surface area contributed by atoms with Gasteiger partial charge in [0.05, 0.1) is 5.56 Å². The first-order valence-corrected chi connectivity index (χ1v) is 7.25. The van der Waals surface area contributed by atoms with E-state index in [9.17, 15) is 27.2 Å². The Morgan fingerprint density at radius 3 is 2.40 bits per heavy atom. The van der Waals surface area contributed by atoms with Gasteiger partial charge in [-0.1, -0.05) is 17.7 Å². The van der Waals surface area contributed by atoms with Crippen LogP contribution in [0.4, 0.5) is 23.2 Å². The average molecular weight is 375 g/mol. The monoisotopic (exact) mass is 374 g/mol. The van der Waals surface area contributed by atoms with Crippen LogP contribution in [0, 0.1) is 5.82 Å². The number of hydrogen-bond donors (Lipinski definition) is 2. The van der Waals surface area contributed by atoms with Crippen molar-refractivity contribution in [1.82, 2.24) is 5.32 Å². The molecule has 0 atom stereocenters. The number of benzene rings is 2.